The maximum absolute atomic E-state index is 11.2. The molecule has 0 aromatic carbocycles. The molecule has 0 aliphatic rings. The number of hydrogen-bond acceptors (Lipinski definition) is 3. The number of carboxylic acid groups (broad SMARTS) is 1. The molecule has 0 saturated heterocycles. The Balaban J connectivity index is 2.28. The van der Waals surface area contributed by atoms with E-state index in [1.54, 1.807) is 11.3 Å². The minimum Gasteiger partial charge on any atom is -0.481 e. The quantitative estimate of drug-likeness (QED) is 0.872. The van der Waals surface area contributed by atoms with Crippen LogP contribution < -0.4 is 5.32 Å². The molecular weight excluding hydrogens is 282 g/mol. The van der Waals surface area contributed by atoms with Gasteiger partial charge in [0.15, 0.2) is 0 Å². The van der Waals surface area contributed by atoms with Gasteiger partial charge in [-0.25, -0.2) is 0 Å². The summed E-state index contributed by atoms with van der Waals surface area (Å²) in [7, 11) is 0. The Morgan fingerprint density at radius 3 is 2.73 bits per heavy atom. The topological polar surface area (TPSA) is 66.4 Å². The van der Waals surface area contributed by atoms with Gasteiger partial charge in [-0.2, -0.15) is 0 Å². The second-order valence-electron chi connectivity index (χ2n) is 2.89. The van der Waals surface area contributed by atoms with Crippen LogP contribution in [0.4, 0.5) is 0 Å². The molecule has 0 radical (unpaired) electrons. The Morgan fingerprint density at radius 1 is 1.47 bits per heavy atom. The summed E-state index contributed by atoms with van der Waals surface area (Å²) in [6.07, 6.45) is -0.103. The number of amides is 1. The molecular formula is C9H10BrNO3S. The summed E-state index contributed by atoms with van der Waals surface area (Å²) in [5.74, 6) is -1.20. The molecule has 0 atom stereocenters. The molecule has 1 rings (SSSR count). The molecule has 0 saturated carbocycles. The van der Waals surface area contributed by atoms with E-state index < -0.39 is 5.97 Å². The Hall–Kier alpha value is -0.880. The van der Waals surface area contributed by atoms with Crippen LogP contribution in [-0.2, 0) is 16.1 Å². The van der Waals surface area contributed by atoms with Crippen LogP contribution in [0.2, 0.25) is 0 Å². The van der Waals surface area contributed by atoms with Crippen LogP contribution >= 0.6 is 27.3 Å². The second kappa shape index (κ2) is 5.87. The van der Waals surface area contributed by atoms with Gasteiger partial charge in [0.05, 0.1) is 10.2 Å². The average molecular weight is 292 g/mol. The number of nitrogens with one attached hydrogen (secondary N) is 1. The summed E-state index contributed by atoms with van der Waals surface area (Å²) in [6, 6.07) is 1.91. The highest BCUT2D eigenvalue weighted by Crippen LogP contribution is 2.22. The van der Waals surface area contributed by atoms with Crippen molar-refractivity contribution in [2.75, 3.05) is 0 Å². The molecule has 82 valence electrons. The van der Waals surface area contributed by atoms with Gasteiger partial charge in [-0.15, -0.1) is 11.3 Å². The van der Waals surface area contributed by atoms with Gasteiger partial charge in [0.1, 0.15) is 0 Å². The highest BCUT2D eigenvalue weighted by Gasteiger charge is 2.06. The SMILES string of the molecule is O=C(O)CCC(=O)NCc1ccsc1Br. The zero-order chi connectivity index (χ0) is 11.3. The minimum atomic E-state index is -0.957. The number of hydrogen-bond donors (Lipinski definition) is 2. The zero-order valence-electron chi connectivity index (χ0n) is 7.83. The Bertz CT molecular complexity index is 364. The van der Waals surface area contributed by atoms with E-state index >= 15 is 0 Å². The maximum atomic E-state index is 11.2. The van der Waals surface area contributed by atoms with Crippen LogP contribution in [0.3, 0.4) is 0 Å². The van der Waals surface area contributed by atoms with Crippen LogP contribution in [0.25, 0.3) is 0 Å². The molecule has 2 N–H and O–H groups in total. The molecule has 6 heteroatoms. The third kappa shape index (κ3) is 4.44. The van der Waals surface area contributed by atoms with E-state index in [0.717, 1.165) is 9.35 Å². The van der Waals surface area contributed by atoms with Gasteiger partial charge in [0.25, 0.3) is 0 Å². The number of carboxylic acids is 1. The van der Waals surface area contributed by atoms with Gasteiger partial charge < -0.3 is 10.4 Å². The summed E-state index contributed by atoms with van der Waals surface area (Å²) < 4.78 is 0.987. The minimum absolute atomic E-state index is 0.0249. The fourth-order valence-corrected chi connectivity index (χ4v) is 2.19. The molecule has 0 fully saturated rings. The number of carbonyl (C=O) groups is 2. The molecule has 1 amide bonds. The van der Waals surface area contributed by atoms with Crippen molar-refractivity contribution in [3.05, 3.63) is 20.8 Å². The van der Waals surface area contributed by atoms with Crippen LogP contribution in [0.5, 0.6) is 0 Å². The fourth-order valence-electron chi connectivity index (χ4n) is 0.948. The van der Waals surface area contributed by atoms with E-state index in [4.69, 9.17) is 5.11 Å². The van der Waals surface area contributed by atoms with Crippen LogP contribution in [0.15, 0.2) is 15.2 Å². The van der Waals surface area contributed by atoms with Crippen LogP contribution in [0.1, 0.15) is 18.4 Å². The maximum Gasteiger partial charge on any atom is 0.303 e. The predicted molar refractivity (Wildman–Crippen MR) is 60.7 cm³/mol. The van der Waals surface area contributed by atoms with Crippen molar-refractivity contribution in [3.63, 3.8) is 0 Å². The average Bonchev–Trinajstić information content (AvgIpc) is 2.58. The zero-order valence-corrected chi connectivity index (χ0v) is 10.2. The summed E-state index contributed by atoms with van der Waals surface area (Å²) in [4.78, 5) is 21.4. The van der Waals surface area contributed by atoms with Gasteiger partial charge in [0, 0.05) is 13.0 Å². The van der Waals surface area contributed by atoms with Crippen molar-refractivity contribution in [1.82, 2.24) is 5.32 Å². The predicted octanol–water partition coefficient (Wildman–Crippen LogP) is 1.99. The molecule has 15 heavy (non-hydrogen) atoms. The van der Waals surface area contributed by atoms with Crippen molar-refractivity contribution in [2.24, 2.45) is 0 Å². The Morgan fingerprint density at radius 2 is 2.20 bits per heavy atom. The van der Waals surface area contributed by atoms with Crippen molar-refractivity contribution in [1.29, 1.82) is 0 Å². The number of rotatable bonds is 5. The summed E-state index contributed by atoms with van der Waals surface area (Å²) in [6.45, 7) is 0.433. The smallest absolute Gasteiger partial charge is 0.303 e. The van der Waals surface area contributed by atoms with E-state index in [1.165, 1.54) is 0 Å². The van der Waals surface area contributed by atoms with Crippen LogP contribution in [0, 0.1) is 0 Å². The van der Waals surface area contributed by atoms with E-state index in [2.05, 4.69) is 21.2 Å². The van der Waals surface area contributed by atoms with Gasteiger partial charge in [-0.3, -0.25) is 9.59 Å². The lowest BCUT2D eigenvalue weighted by molar-refractivity contribution is -0.138. The molecule has 0 spiro atoms. The van der Waals surface area contributed by atoms with E-state index in [-0.39, 0.29) is 18.7 Å². The van der Waals surface area contributed by atoms with Crippen molar-refractivity contribution >= 4 is 39.1 Å². The molecule has 1 aromatic rings. The summed E-state index contributed by atoms with van der Waals surface area (Å²) in [5.41, 5.74) is 1.00. The first-order valence-electron chi connectivity index (χ1n) is 4.30. The highest BCUT2D eigenvalue weighted by atomic mass is 79.9. The number of carbonyl (C=O) groups excluding carboxylic acids is 1. The summed E-state index contributed by atoms with van der Waals surface area (Å²) in [5, 5.41) is 12.9. The number of thiophene rings is 1. The monoisotopic (exact) mass is 291 g/mol. The molecule has 0 unspecified atom stereocenters. The molecule has 0 bridgehead atoms. The number of aliphatic carboxylic acids is 1. The largest absolute Gasteiger partial charge is 0.481 e. The van der Waals surface area contributed by atoms with Gasteiger partial charge >= 0.3 is 5.97 Å². The first-order chi connectivity index (χ1) is 7.09. The first-order valence-corrected chi connectivity index (χ1v) is 5.97. The molecule has 1 aromatic heterocycles. The highest BCUT2D eigenvalue weighted by molar-refractivity contribution is 9.11. The molecule has 4 nitrogen and oxygen atoms in total. The van der Waals surface area contributed by atoms with E-state index in [0.29, 0.717) is 6.54 Å². The first kappa shape index (κ1) is 12.2. The second-order valence-corrected chi connectivity index (χ2v) is 5.12. The lowest BCUT2D eigenvalue weighted by Crippen LogP contribution is -2.23. The molecule has 0 aliphatic heterocycles. The van der Waals surface area contributed by atoms with Crippen LogP contribution in [-0.4, -0.2) is 17.0 Å². The Labute approximate surface area is 99.4 Å². The Kier molecular flexibility index (Phi) is 4.77. The fraction of sp³-hybridized carbons (Fsp3) is 0.333. The van der Waals surface area contributed by atoms with Crippen molar-refractivity contribution in [2.45, 2.75) is 19.4 Å². The van der Waals surface area contributed by atoms with E-state index in [1.807, 2.05) is 11.4 Å². The third-order valence-corrected chi connectivity index (χ3v) is 3.55. The standard InChI is InChI=1S/C9H10BrNO3S/c10-9-6(3-4-15-9)5-11-7(12)1-2-8(13)14/h3-4H,1-2,5H2,(H,11,12)(H,13,14). The van der Waals surface area contributed by atoms with Crippen molar-refractivity contribution < 1.29 is 14.7 Å². The third-order valence-electron chi connectivity index (χ3n) is 1.74. The molecule has 1 heterocycles. The number of halogens is 1. The van der Waals surface area contributed by atoms with Gasteiger partial charge in [-0.1, -0.05) is 0 Å². The molecule has 0 aliphatic carbocycles. The van der Waals surface area contributed by atoms with Gasteiger partial charge in [-0.05, 0) is 32.9 Å². The van der Waals surface area contributed by atoms with E-state index in [9.17, 15) is 9.59 Å². The van der Waals surface area contributed by atoms with Crippen molar-refractivity contribution in [3.8, 4) is 0 Å². The normalized spacial score (nSPS) is 9.93. The lowest BCUT2D eigenvalue weighted by Gasteiger charge is -2.02. The lowest BCUT2D eigenvalue weighted by atomic mass is 10.3. The van der Waals surface area contributed by atoms with Gasteiger partial charge in [0.2, 0.25) is 5.91 Å². The summed E-state index contributed by atoms with van der Waals surface area (Å²) >= 11 is 4.90.